The third-order valence-corrected chi connectivity index (χ3v) is 3.92. The summed E-state index contributed by atoms with van der Waals surface area (Å²) < 4.78 is 21.0. The maximum atomic E-state index is 11.8. The number of amides is 2. The van der Waals surface area contributed by atoms with Crippen molar-refractivity contribution in [1.82, 2.24) is 10.9 Å². The standard InChI is InChI=1S/C19H16N4O6/c24-18(22-20-8-12-1-3-14-16(5-12)28-10-26-14)7-19(25)23-21-9-13-2-4-15-17(6-13)29-11-27-15/h1-6,8-9H,7,10-11H2,(H,22,24)(H,23,25). The molecule has 2 aliphatic heterocycles. The molecular formula is C19H16N4O6. The molecule has 0 spiro atoms. The predicted octanol–water partition coefficient (Wildman–Crippen LogP) is 1.13. The van der Waals surface area contributed by atoms with E-state index in [9.17, 15) is 9.59 Å². The fourth-order valence-corrected chi connectivity index (χ4v) is 2.57. The lowest BCUT2D eigenvalue weighted by atomic mass is 10.2. The zero-order valence-corrected chi connectivity index (χ0v) is 15.1. The van der Waals surface area contributed by atoms with Gasteiger partial charge in [0, 0.05) is 0 Å². The van der Waals surface area contributed by atoms with Crippen LogP contribution < -0.4 is 29.8 Å². The minimum atomic E-state index is -0.572. The van der Waals surface area contributed by atoms with Crippen molar-refractivity contribution in [3.05, 3.63) is 47.5 Å². The summed E-state index contributed by atoms with van der Waals surface area (Å²) in [4.78, 5) is 23.6. The lowest BCUT2D eigenvalue weighted by Gasteiger charge is -2.00. The van der Waals surface area contributed by atoms with Crippen LogP contribution in [-0.2, 0) is 9.59 Å². The van der Waals surface area contributed by atoms with Gasteiger partial charge in [0.25, 0.3) is 0 Å². The molecular weight excluding hydrogens is 380 g/mol. The molecule has 2 heterocycles. The highest BCUT2D eigenvalue weighted by Gasteiger charge is 2.13. The first kappa shape index (κ1) is 18.3. The highest BCUT2D eigenvalue weighted by Crippen LogP contribution is 2.32. The van der Waals surface area contributed by atoms with Gasteiger partial charge in [-0.3, -0.25) is 9.59 Å². The summed E-state index contributed by atoms with van der Waals surface area (Å²) >= 11 is 0. The summed E-state index contributed by atoms with van der Waals surface area (Å²) in [6, 6.07) is 10.5. The number of hydrogen-bond donors (Lipinski definition) is 2. The molecule has 10 heteroatoms. The molecule has 2 aromatic rings. The molecule has 0 fully saturated rings. The fourth-order valence-electron chi connectivity index (χ4n) is 2.57. The van der Waals surface area contributed by atoms with E-state index in [2.05, 4.69) is 21.1 Å². The fraction of sp³-hybridized carbons (Fsp3) is 0.158. The van der Waals surface area contributed by atoms with Gasteiger partial charge in [-0.1, -0.05) is 0 Å². The Hall–Kier alpha value is -4.08. The summed E-state index contributed by atoms with van der Waals surface area (Å²) in [6.07, 6.45) is 2.46. The molecule has 0 aromatic heterocycles. The molecule has 4 rings (SSSR count). The summed E-state index contributed by atoms with van der Waals surface area (Å²) in [6.45, 7) is 0.359. The van der Waals surface area contributed by atoms with E-state index in [1.807, 2.05) is 0 Å². The van der Waals surface area contributed by atoms with E-state index >= 15 is 0 Å². The van der Waals surface area contributed by atoms with Gasteiger partial charge < -0.3 is 18.9 Å². The van der Waals surface area contributed by atoms with Crippen LogP contribution in [-0.4, -0.2) is 37.8 Å². The van der Waals surface area contributed by atoms with E-state index in [0.717, 1.165) is 0 Å². The van der Waals surface area contributed by atoms with E-state index in [1.165, 1.54) is 12.4 Å². The Morgan fingerprint density at radius 2 is 1.21 bits per heavy atom. The highest BCUT2D eigenvalue weighted by atomic mass is 16.7. The number of rotatable bonds is 6. The number of hydrazone groups is 2. The van der Waals surface area contributed by atoms with Crippen molar-refractivity contribution < 1.29 is 28.5 Å². The molecule has 0 saturated heterocycles. The van der Waals surface area contributed by atoms with Crippen LogP contribution in [0.25, 0.3) is 0 Å². The topological polar surface area (TPSA) is 120 Å². The van der Waals surface area contributed by atoms with Crippen LogP contribution in [0.3, 0.4) is 0 Å². The summed E-state index contributed by atoms with van der Waals surface area (Å²) in [5, 5.41) is 7.63. The molecule has 10 nitrogen and oxygen atoms in total. The average Bonchev–Trinajstić information content (AvgIpc) is 3.36. The molecule has 0 radical (unpaired) electrons. The Morgan fingerprint density at radius 3 is 1.69 bits per heavy atom. The van der Waals surface area contributed by atoms with Crippen LogP contribution in [0.15, 0.2) is 46.6 Å². The van der Waals surface area contributed by atoms with Crippen molar-refractivity contribution >= 4 is 24.2 Å². The monoisotopic (exact) mass is 396 g/mol. The Labute approximate surface area is 165 Å². The number of fused-ring (bicyclic) bond motifs is 2. The van der Waals surface area contributed by atoms with Gasteiger partial charge in [0.1, 0.15) is 6.42 Å². The van der Waals surface area contributed by atoms with Gasteiger partial charge >= 0.3 is 0 Å². The van der Waals surface area contributed by atoms with Gasteiger partial charge in [0.15, 0.2) is 23.0 Å². The van der Waals surface area contributed by atoms with Crippen molar-refractivity contribution in [2.45, 2.75) is 6.42 Å². The highest BCUT2D eigenvalue weighted by molar-refractivity contribution is 5.97. The van der Waals surface area contributed by atoms with Crippen molar-refractivity contribution in [1.29, 1.82) is 0 Å². The normalized spacial score (nSPS) is 13.8. The Bertz CT molecular complexity index is 925. The number of nitrogens with one attached hydrogen (secondary N) is 2. The third-order valence-electron chi connectivity index (χ3n) is 3.92. The van der Waals surface area contributed by atoms with Crippen molar-refractivity contribution in [2.75, 3.05) is 13.6 Å². The number of hydrogen-bond acceptors (Lipinski definition) is 8. The van der Waals surface area contributed by atoms with Crippen LogP contribution in [0.5, 0.6) is 23.0 Å². The first-order valence-corrected chi connectivity index (χ1v) is 8.60. The smallest absolute Gasteiger partial charge is 0.249 e. The molecule has 0 bridgehead atoms. The molecule has 0 atom stereocenters. The van der Waals surface area contributed by atoms with Crippen molar-refractivity contribution in [3.63, 3.8) is 0 Å². The van der Waals surface area contributed by atoms with Crippen LogP contribution in [0.1, 0.15) is 17.5 Å². The number of carbonyl (C=O) groups excluding carboxylic acids is 2. The molecule has 0 aliphatic carbocycles. The van der Waals surface area contributed by atoms with E-state index in [0.29, 0.717) is 34.1 Å². The maximum absolute atomic E-state index is 11.8. The van der Waals surface area contributed by atoms with Gasteiger partial charge in [0.2, 0.25) is 25.4 Å². The first-order chi connectivity index (χ1) is 14.2. The molecule has 2 aliphatic rings. The predicted molar refractivity (Wildman–Crippen MR) is 101 cm³/mol. The van der Waals surface area contributed by atoms with E-state index in [1.54, 1.807) is 36.4 Å². The summed E-state index contributed by atoms with van der Waals surface area (Å²) in [5.74, 6) is 1.39. The number of carbonyl (C=O) groups is 2. The zero-order chi connectivity index (χ0) is 20.1. The minimum Gasteiger partial charge on any atom is -0.454 e. The Kier molecular flexibility index (Phi) is 5.23. The van der Waals surface area contributed by atoms with E-state index < -0.39 is 18.2 Å². The van der Waals surface area contributed by atoms with Crippen LogP contribution in [0.2, 0.25) is 0 Å². The molecule has 0 unspecified atom stereocenters. The lowest BCUT2D eigenvalue weighted by Crippen LogP contribution is -2.27. The SMILES string of the molecule is O=C(CC(=O)NN=Cc1ccc2c(c1)OCO2)NN=Cc1ccc2c(c1)OCO2. The van der Waals surface area contributed by atoms with Gasteiger partial charge in [-0.15, -0.1) is 0 Å². The maximum Gasteiger partial charge on any atom is 0.249 e. The van der Waals surface area contributed by atoms with E-state index in [-0.39, 0.29) is 13.6 Å². The molecule has 2 amide bonds. The van der Waals surface area contributed by atoms with E-state index in [4.69, 9.17) is 18.9 Å². The van der Waals surface area contributed by atoms with Gasteiger partial charge in [-0.05, 0) is 47.5 Å². The lowest BCUT2D eigenvalue weighted by molar-refractivity contribution is -0.129. The minimum absolute atomic E-state index is 0.179. The molecule has 148 valence electrons. The van der Waals surface area contributed by atoms with Crippen LogP contribution in [0, 0.1) is 0 Å². The largest absolute Gasteiger partial charge is 0.454 e. The Morgan fingerprint density at radius 1 is 0.759 bits per heavy atom. The Balaban J connectivity index is 1.21. The number of benzene rings is 2. The number of nitrogens with zero attached hydrogens (tertiary/aromatic N) is 2. The number of ether oxygens (including phenoxy) is 4. The quantitative estimate of drug-likeness (QED) is 0.429. The van der Waals surface area contributed by atoms with Crippen LogP contribution in [0.4, 0.5) is 0 Å². The third kappa shape index (κ3) is 4.61. The first-order valence-electron chi connectivity index (χ1n) is 8.60. The molecule has 29 heavy (non-hydrogen) atoms. The second-order valence-corrected chi connectivity index (χ2v) is 5.99. The zero-order valence-electron chi connectivity index (χ0n) is 15.1. The van der Waals surface area contributed by atoms with Crippen molar-refractivity contribution in [3.8, 4) is 23.0 Å². The molecule has 0 saturated carbocycles. The van der Waals surface area contributed by atoms with Crippen molar-refractivity contribution in [2.24, 2.45) is 10.2 Å². The average molecular weight is 396 g/mol. The molecule has 2 aromatic carbocycles. The second-order valence-electron chi connectivity index (χ2n) is 5.99. The van der Waals surface area contributed by atoms with Gasteiger partial charge in [0.05, 0.1) is 12.4 Å². The summed E-state index contributed by atoms with van der Waals surface area (Å²) in [7, 11) is 0. The summed E-state index contributed by atoms with van der Waals surface area (Å²) in [5.41, 5.74) is 5.99. The molecule has 2 N–H and O–H groups in total. The van der Waals surface area contributed by atoms with Crippen LogP contribution >= 0.6 is 0 Å². The second kappa shape index (κ2) is 8.30. The van der Waals surface area contributed by atoms with Gasteiger partial charge in [-0.2, -0.15) is 10.2 Å². The van der Waals surface area contributed by atoms with Gasteiger partial charge in [-0.25, -0.2) is 10.9 Å².